The maximum atomic E-state index is 12.5. The normalized spacial score (nSPS) is 11.8. The number of anilines is 1. The zero-order valence-electron chi connectivity index (χ0n) is 15.6. The van der Waals surface area contributed by atoms with E-state index in [0.717, 1.165) is 5.56 Å². The molecule has 0 fully saturated rings. The van der Waals surface area contributed by atoms with Crippen molar-refractivity contribution >= 4 is 17.6 Å². The quantitative estimate of drug-likeness (QED) is 0.491. The molecule has 1 aromatic carbocycles. The number of amides is 3. The van der Waals surface area contributed by atoms with Crippen LogP contribution in [0.5, 0.6) is 0 Å². The second-order valence-corrected chi connectivity index (χ2v) is 6.46. The van der Waals surface area contributed by atoms with Crippen molar-refractivity contribution < 1.29 is 9.59 Å². The van der Waals surface area contributed by atoms with Crippen molar-refractivity contribution in [3.63, 3.8) is 0 Å². The van der Waals surface area contributed by atoms with Gasteiger partial charge in [-0.25, -0.2) is 9.78 Å². The molecular weight excluding hydrogens is 360 g/mol. The van der Waals surface area contributed by atoms with Gasteiger partial charge in [0.25, 0.3) is 0 Å². The van der Waals surface area contributed by atoms with Gasteiger partial charge >= 0.3 is 6.03 Å². The molecule has 2 aromatic heterocycles. The second kappa shape index (κ2) is 8.80. The largest absolute Gasteiger partial charge is 0.352 e. The molecular formula is C18H22N8O2. The number of carbonyl (C=O) groups excluding carboxylic acids is 2. The van der Waals surface area contributed by atoms with Crippen LogP contribution in [0.15, 0.2) is 49.1 Å². The zero-order chi connectivity index (χ0) is 19.9. The van der Waals surface area contributed by atoms with Crippen molar-refractivity contribution in [2.75, 3.05) is 5.32 Å². The number of rotatable bonds is 7. The topological polar surface area (TPSA) is 130 Å². The van der Waals surface area contributed by atoms with Gasteiger partial charge in [-0.2, -0.15) is 10.2 Å². The summed E-state index contributed by atoms with van der Waals surface area (Å²) < 4.78 is 1.46. The molecule has 3 aromatic rings. The van der Waals surface area contributed by atoms with E-state index in [1.165, 1.54) is 17.2 Å². The van der Waals surface area contributed by atoms with Gasteiger partial charge in [0, 0.05) is 12.2 Å². The predicted molar refractivity (Wildman–Crippen MR) is 102 cm³/mol. The first-order valence-electron chi connectivity index (χ1n) is 8.81. The maximum Gasteiger partial charge on any atom is 0.320 e. The lowest BCUT2D eigenvalue weighted by atomic mass is 10.1. The van der Waals surface area contributed by atoms with Gasteiger partial charge in [-0.1, -0.05) is 30.3 Å². The first-order valence-corrected chi connectivity index (χ1v) is 8.81. The molecule has 10 heteroatoms. The van der Waals surface area contributed by atoms with E-state index in [9.17, 15) is 9.59 Å². The highest BCUT2D eigenvalue weighted by Crippen LogP contribution is 2.18. The molecule has 0 aliphatic carbocycles. The Hall–Kier alpha value is -3.69. The minimum absolute atomic E-state index is 0.0532. The Balaban J connectivity index is 1.63. The van der Waals surface area contributed by atoms with Gasteiger partial charge < -0.3 is 16.0 Å². The Morgan fingerprint density at radius 1 is 1.18 bits per heavy atom. The van der Waals surface area contributed by atoms with Gasteiger partial charge in [0.2, 0.25) is 5.91 Å². The van der Waals surface area contributed by atoms with Gasteiger partial charge in [0.05, 0.1) is 11.9 Å². The van der Waals surface area contributed by atoms with Crippen LogP contribution in [0, 0.1) is 0 Å². The maximum absolute atomic E-state index is 12.5. The van der Waals surface area contributed by atoms with E-state index in [1.807, 2.05) is 44.2 Å². The van der Waals surface area contributed by atoms with Gasteiger partial charge in [-0.15, -0.1) is 0 Å². The first-order chi connectivity index (χ1) is 13.5. The molecule has 0 spiro atoms. The number of H-pyrrole nitrogens is 1. The summed E-state index contributed by atoms with van der Waals surface area (Å²) in [5.41, 5.74) is 1.33. The number of hydrogen-bond acceptors (Lipinski definition) is 5. The fraction of sp³-hybridized carbons (Fsp3) is 0.278. The van der Waals surface area contributed by atoms with Gasteiger partial charge in [0.15, 0.2) is 5.82 Å². The number of nitrogens with zero attached hydrogens (tertiary/aromatic N) is 4. The summed E-state index contributed by atoms with van der Waals surface area (Å²) in [6, 6.07) is 8.56. The number of nitrogens with one attached hydrogen (secondary N) is 4. The third-order valence-corrected chi connectivity index (χ3v) is 3.76. The third-order valence-electron chi connectivity index (χ3n) is 3.76. The average molecular weight is 382 g/mol. The minimum Gasteiger partial charge on any atom is -0.352 e. The van der Waals surface area contributed by atoms with E-state index in [0.29, 0.717) is 11.5 Å². The van der Waals surface area contributed by atoms with Crippen LogP contribution in [0.3, 0.4) is 0 Å². The number of aromatic amines is 1. The van der Waals surface area contributed by atoms with E-state index >= 15 is 0 Å². The van der Waals surface area contributed by atoms with Crippen molar-refractivity contribution in [2.24, 2.45) is 0 Å². The standard InChI is InChI=1S/C18H22N8O2/c1-12(2)22-15(27)10-26-9-14(8-21-26)23-18(28)24-16(17-19-11-20-25-17)13-6-4-3-5-7-13/h3-9,11-12,16H,10H2,1-2H3,(H,22,27)(H,19,20,25)(H2,23,24,28). The van der Waals surface area contributed by atoms with Crippen LogP contribution in [-0.2, 0) is 11.3 Å². The van der Waals surface area contributed by atoms with Crippen molar-refractivity contribution in [2.45, 2.75) is 32.5 Å². The van der Waals surface area contributed by atoms with Crippen LogP contribution in [0.4, 0.5) is 10.5 Å². The van der Waals surface area contributed by atoms with E-state index < -0.39 is 12.1 Å². The van der Waals surface area contributed by atoms with E-state index in [2.05, 4.69) is 36.2 Å². The SMILES string of the molecule is CC(C)NC(=O)Cn1cc(NC(=O)NC(c2ccccc2)c2ncn[nH]2)cn1. The Labute approximate surface area is 161 Å². The molecule has 3 rings (SSSR count). The first kappa shape index (κ1) is 19.1. The highest BCUT2D eigenvalue weighted by Gasteiger charge is 2.19. The third kappa shape index (κ3) is 5.16. The number of carbonyl (C=O) groups is 2. The van der Waals surface area contributed by atoms with Gasteiger partial charge in [-0.3, -0.25) is 14.6 Å². The number of urea groups is 1. The molecule has 4 N–H and O–H groups in total. The van der Waals surface area contributed by atoms with Crippen LogP contribution in [-0.4, -0.2) is 42.9 Å². The van der Waals surface area contributed by atoms with E-state index in [1.54, 1.807) is 6.20 Å². The monoisotopic (exact) mass is 382 g/mol. The van der Waals surface area contributed by atoms with E-state index in [4.69, 9.17) is 0 Å². The highest BCUT2D eigenvalue weighted by atomic mass is 16.2. The summed E-state index contributed by atoms with van der Waals surface area (Å²) in [6.07, 6.45) is 4.46. The molecule has 146 valence electrons. The lowest BCUT2D eigenvalue weighted by Crippen LogP contribution is -2.34. The minimum atomic E-state index is -0.490. The average Bonchev–Trinajstić information content (AvgIpc) is 3.32. The van der Waals surface area contributed by atoms with Crippen molar-refractivity contribution in [3.05, 3.63) is 60.4 Å². The summed E-state index contributed by atoms with van der Waals surface area (Å²) in [6.45, 7) is 3.85. The van der Waals surface area contributed by atoms with Crippen LogP contribution in [0.25, 0.3) is 0 Å². The number of hydrogen-bond donors (Lipinski definition) is 4. The molecule has 1 unspecified atom stereocenters. The predicted octanol–water partition coefficient (Wildman–Crippen LogP) is 1.44. The second-order valence-electron chi connectivity index (χ2n) is 6.46. The fourth-order valence-corrected chi connectivity index (χ4v) is 2.64. The number of benzene rings is 1. The zero-order valence-corrected chi connectivity index (χ0v) is 15.6. The van der Waals surface area contributed by atoms with Crippen molar-refractivity contribution in [1.82, 2.24) is 35.6 Å². The summed E-state index contributed by atoms with van der Waals surface area (Å²) in [5.74, 6) is 0.367. The Morgan fingerprint density at radius 3 is 2.64 bits per heavy atom. The summed E-state index contributed by atoms with van der Waals surface area (Å²) >= 11 is 0. The summed E-state index contributed by atoms with van der Waals surface area (Å²) in [5, 5.41) is 19.1. The molecule has 0 radical (unpaired) electrons. The highest BCUT2D eigenvalue weighted by molar-refractivity contribution is 5.89. The Bertz CT molecular complexity index is 905. The smallest absolute Gasteiger partial charge is 0.320 e. The van der Waals surface area contributed by atoms with Crippen LogP contribution >= 0.6 is 0 Å². The van der Waals surface area contributed by atoms with Crippen LogP contribution < -0.4 is 16.0 Å². The molecule has 0 aliphatic heterocycles. The molecule has 2 heterocycles. The van der Waals surface area contributed by atoms with E-state index in [-0.39, 0.29) is 18.5 Å². The summed E-state index contributed by atoms with van der Waals surface area (Å²) in [4.78, 5) is 28.4. The molecule has 0 bridgehead atoms. The lowest BCUT2D eigenvalue weighted by molar-refractivity contribution is -0.122. The molecule has 10 nitrogen and oxygen atoms in total. The number of aromatic nitrogens is 5. The van der Waals surface area contributed by atoms with Crippen molar-refractivity contribution in [3.8, 4) is 0 Å². The van der Waals surface area contributed by atoms with Gasteiger partial charge in [-0.05, 0) is 19.4 Å². The molecule has 28 heavy (non-hydrogen) atoms. The van der Waals surface area contributed by atoms with Crippen molar-refractivity contribution in [1.29, 1.82) is 0 Å². The molecule has 0 saturated carbocycles. The van der Waals surface area contributed by atoms with Crippen LogP contribution in [0.1, 0.15) is 31.3 Å². The lowest BCUT2D eigenvalue weighted by Gasteiger charge is -2.17. The molecule has 1 atom stereocenters. The van der Waals surface area contributed by atoms with Crippen LogP contribution in [0.2, 0.25) is 0 Å². The fourth-order valence-electron chi connectivity index (χ4n) is 2.64. The molecule has 3 amide bonds. The molecule has 0 aliphatic rings. The van der Waals surface area contributed by atoms with Gasteiger partial charge in [0.1, 0.15) is 18.9 Å². The summed E-state index contributed by atoms with van der Waals surface area (Å²) in [7, 11) is 0. The Kier molecular flexibility index (Phi) is 6.00. The Morgan fingerprint density at radius 2 is 1.96 bits per heavy atom. The molecule has 0 saturated heterocycles.